The van der Waals surface area contributed by atoms with E-state index < -0.39 is 4.87 Å². The van der Waals surface area contributed by atoms with Gasteiger partial charge in [0.2, 0.25) is 16.7 Å². The van der Waals surface area contributed by atoms with E-state index in [0.29, 0.717) is 12.1 Å². The molecule has 32 heavy (non-hydrogen) atoms. The number of rotatable bonds is 2. The first-order chi connectivity index (χ1) is 15.4. The lowest BCUT2D eigenvalue weighted by Gasteiger charge is -2.29. The van der Waals surface area contributed by atoms with Crippen molar-refractivity contribution in [3.63, 3.8) is 0 Å². The van der Waals surface area contributed by atoms with Crippen LogP contribution < -0.4 is 10.2 Å². The average Bonchev–Trinajstić information content (AvgIpc) is 3.26. The number of para-hydroxylation sites is 1. The van der Waals surface area contributed by atoms with Gasteiger partial charge < -0.3 is 10.2 Å². The summed E-state index contributed by atoms with van der Waals surface area (Å²) in [6.07, 6.45) is 0. The molecule has 0 fully saturated rings. The number of anilines is 1. The Kier molecular flexibility index (Phi) is 4.74. The molecular weight excluding hydrogens is 424 g/mol. The minimum atomic E-state index is -1.38. The smallest absolute Gasteiger partial charge is 0.271 e. The molecule has 160 valence electrons. The van der Waals surface area contributed by atoms with Crippen LogP contribution in [0.2, 0.25) is 0 Å². The van der Waals surface area contributed by atoms with Crippen LogP contribution in [-0.2, 0) is 25.8 Å². The third kappa shape index (κ3) is 2.98. The molecular formula is C24H20N4O3S. The lowest BCUT2D eigenvalue weighted by atomic mass is 10.0. The zero-order valence-corrected chi connectivity index (χ0v) is 18.3. The predicted octanol–water partition coefficient (Wildman–Crippen LogP) is 3.54. The number of thioether (sulfide) groups is 1. The summed E-state index contributed by atoms with van der Waals surface area (Å²) in [5, 5.41) is 10.5. The van der Waals surface area contributed by atoms with E-state index in [2.05, 4.69) is 10.4 Å². The minimum absolute atomic E-state index is 0.225. The highest BCUT2D eigenvalue weighted by Gasteiger charge is 2.61. The van der Waals surface area contributed by atoms with Crippen molar-refractivity contribution in [1.82, 2.24) is 10.3 Å². The first-order valence-corrected chi connectivity index (χ1v) is 11.0. The van der Waals surface area contributed by atoms with Crippen LogP contribution in [0.15, 0.2) is 71.8 Å². The van der Waals surface area contributed by atoms with E-state index in [1.165, 1.54) is 18.9 Å². The van der Waals surface area contributed by atoms with Crippen LogP contribution >= 0.6 is 11.8 Å². The van der Waals surface area contributed by atoms with Crippen LogP contribution in [-0.4, -0.2) is 27.9 Å². The largest absolute Gasteiger partial charge is 0.304 e. The van der Waals surface area contributed by atoms with Crippen LogP contribution in [0.4, 0.5) is 5.69 Å². The number of nitrogens with zero attached hydrogens (tertiary/aromatic N) is 3. The Morgan fingerprint density at radius 2 is 1.72 bits per heavy atom. The number of amides is 3. The number of benzene rings is 3. The van der Waals surface area contributed by atoms with Gasteiger partial charge in [-0.2, -0.15) is 5.01 Å². The zero-order valence-electron chi connectivity index (χ0n) is 17.5. The van der Waals surface area contributed by atoms with E-state index in [-0.39, 0.29) is 22.9 Å². The van der Waals surface area contributed by atoms with E-state index in [0.717, 1.165) is 33.8 Å². The number of hydrogen-bond donors (Lipinski definition) is 1. The van der Waals surface area contributed by atoms with Crippen LogP contribution in [0.5, 0.6) is 0 Å². The van der Waals surface area contributed by atoms with Crippen molar-refractivity contribution < 1.29 is 14.4 Å². The summed E-state index contributed by atoms with van der Waals surface area (Å²) in [7, 11) is 0. The van der Waals surface area contributed by atoms with Gasteiger partial charge in [0, 0.05) is 19.4 Å². The van der Waals surface area contributed by atoms with Crippen molar-refractivity contribution >= 4 is 51.1 Å². The molecule has 0 saturated carbocycles. The van der Waals surface area contributed by atoms with Crippen molar-refractivity contribution in [2.45, 2.75) is 25.3 Å². The highest BCUT2D eigenvalue weighted by Crippen LogP contribution is 2.54. The third-order valence-electron chi connectivity index (χ3n) is 5.62. The molecule has 2 aliphatic rings. The highest BCUT2D eigenvalue weighted by atomic mass is 32.2. The molecule has 1 N–H and O–H groups in total. The topological polar surface area (TPSA) is 82.1 Å². The number of carbonyl (C=O) groups is 3. The van der Waals surface area contributed by atoms with Crippen LogP contribution in [0.1, 0.15) is 25.0 Å². The highest BCUT2D eigenvalue weighted by molar-refractivity contribution is 8.15. The number of nitrogens with one attached hydrogen (secondary N) is 1. The van der Waals surface area contributed by atoms with Crippen molar-refractivity contribution in [3.05, 3.63) is 77.9 Å². The lowest BCUT2D eigenvalue weighted by molar-refractivity contribution is -0.139. The molecule has 1 spiro atoms. The molecule has 7 nitrogen and oxygen atoms in total. The first-order valence-electron chi connectivity index (χ1n) is 10.2. The molecule has 2 heterocycles. The predicted molar refractivity (Wildman–Crippen MR) is 125 cm³/mol. The zero-order chi connectivity index (χ0) is 22.5. The molecule has 3 aromatic rings. The second-order valence-corrected chi connectivity index (χ2v) is 8.89. The monoisotopic (exact) mass is 444 g/mol. The summed E-state index contributed by atoms with van der Waals surface area (Å²) in [5.74, 6) is -0.966. The summed E-state index contributed by atoms with van der Waals surface area (Å²) in [6, 6.07) is 21.5. The fraction of sp³-hybridized carbons (Fsp3) is 0.167. The quantitative estimate of drug-likeness (QED) is 0.656. The van der Waals surface area contributed by atoms with Gasteiger partial charge in [-0.05, 0) is 34.2 Å². The fourth-order valence-electron chi connectivity index (χ4n) is 4.32. The van der Waals surface area contributed by atoms with Gasteiger partial charge in [0.05, 0.1) is 12.2 Å². The van der Waals surface area contributed by atoms with E-state index in [4.69, 9.17) is 0 Å². The molecule has 2 aliphatic heterocycles. The number of hydrogen-bond acceptors (Lipinski definition) is 5. The average molecular weight is 445 g/mol. The summed E-state index contributed by atoms with van der Waals surface area (Å²) in [6.45, 7) is 3.08. The molecule has 8 heteroatoms. The van der Waals surface area contributed by atoms with Crippen molar-refractivity contribution in [2.75, 3.05) is 4.90 Å². The number of carbonyl (C=O) groups excluding carboxylic acids is 3. The normalized spacial score (nSPS) is 19.4. The van der Waals surface area contributed by atoms with Crippen molar-refractivity contribution in [3.8, 4) is 0 Å². The molecule has 0 aliphatic carbocycles. The van der Waals surface area contributed by atoms with Crippen LogP contribution in [0.25, 0.3) is 10.8 Å². The van der Waals surface area contributed by atoms with Gasteiger partial charge in [-0.3, -0.25) is 14.4 Å². The Labute approximate surface area is 189 Å². The Morgan fingerprint density at radius 1 is 1.00 bits per heavy atom. The Hall–Kier alpha value is -3.65. The summed E-state index contributed by atoms with van der Waals surface area (Å²) in [4.78, 5) is 38.5. The molecule has 0 aromatic heterocycles. The molecule has 3 amide bonds. The Bertz CT molecular complexity index is 1320. The van der Waals surface area contributed by atoms with E-state index in [9.17, 15) is 14.4 Å². The van der Waals surface area contributed by atoms with Gasteiger partial charge in [-0.25, -0.2) is 0 Å². The van der Waals surface area contributed by atoms with Gasteiger partial charge >= 0.3 is 0 Å². The number of fused-ring (bicyclic) bond motifs is 3. The summed E-state index contributed by atoms with van der Waals surface area (Å²) >= 11 is 1.09. The van der Waals surface area contributed by atoms with Crippen LogP contribution in [0.3, 0.4) is 0 Å². The van der Waals surface area contributed by atoms with Crippen molar-refractivity contribution in [2.24, 2.45) is 5.10 Å². The number of hydrazone groups is 1. The van der Waals surface area contributed by atoms with Gasteiger partial charge in [0.1, 0.15) is 0 Å². The van der Waals surface area contributed by atoms with Gasteiger partial charge in [-0.15, -0.1) is 5.10 Å². The maximum absolute atomic E-state index is 14.0. The molecule has 0 bridgehead atoms. The minimum Gasteiger partial charge on any atom is -0.304 e. The number of amidine groups is 1. The molecule has 0 radical (unpaired) electrons. The Morgan fingerprint density at radius 3 is 2.50 bits per heavy atom. The second kappa shape index (κ2) is 7.49. The molecule has 5 rings (SSSR count). The molecule has 1 unspecified atom stereocenters. The van der Waals surface area contributed by atoms with Crippen molar-refractivity contribution in [1.29, 1.82) is 0 Å². The van der Waals surface area contributed by atoms with Gasteiger partial charge in [-0.1, -0.05) is 60.7 Å². The molecule has 3 aromatic carbocycles. The van der Waals surface area contributed by atoms with E-state index in [1.54, 1.807) is 4.90 Å². The Balaban J connectivity index is 1.61. The fourth-order valence-corrected chi connectivity index (χ4v) is 5.66. The molecule has 0 saturated heterocycles. The third-order valence-corrected chi connectivity index (χ3v) is 6.86. The first kappa shape index (κ1) is 20.3. The molecule has 1 atom stereocenters. The summed E-state index contributed by atoms with van der Waals surface area (Å²) in [5.41, 5.74) is 2.40. The van der Waals surface area contributed by atoms with E-state index in [1.807, 2.05) is 66.7 Å². The van der Waals surface area contributed by atoms with Gasteiger partial charge in [0.15, 0.2) is 5.17 Å². The maximum Gasteiger partial charge on any atom is 0.271 e. The van der Waals surface area contributed by atoms with E-state index >= 15 is 0 Å². The lowest BCUT2D eigenvalue weighted by Crippen LogP contribution is -2.48. The standard InChI is InChI=1S/C24H20N4O3S/c1-15(29)25-23-26-28(16(2)30)24(32-23)20-12-5-6-13-21(20)27(22(24)31)14-18-10-7-9-17-8-3-4-11-19(17)18/h3-13H,14H2,1-2H3,(H,25,26,29). The van der Waals surface area contributed by atoms with Gasteiger partial charge in [0.25, 0.3) is 5.91 Å². The second-order valence-electron chi connectivity index (χ2n) is 7.71. The maximum atomic E-state index is 14.0. The summed E-state index contributed by atoms with van der Waals surface area (Å²) < 4.78 is 0. The SMILES string of the molecule is CC(=O)NC1=NN(C(C)=O)C2(S1)C(=O)N(Cc1cccc3ccccc13)c1ccccc12. The van der Waals surface area contributed by atoms with Crippen LogP contribution in [0, 0.1) is 0 Å².